The molecule has 0 saturated heterocycles. The summed E-state index contributed by atoms with van der Waals surface area (Å²) in [5, 5.41) is 13.7. The zero-order chi connectivity index (χ0) is 14.0. The Hall–Kier alpha value is -1.34. The van der Waals surface area contributed by atoms with Gasteiger partial charge in [0.15, 0.2) is 0 Å². The molecule has 1 aliphatic rings. The molecule has 1 heteroatoms. The van der Waals surface area contributed by atoms with Gasteiger partial charge in [-0.15, -0.1) is 0 Å². The van der Waals surface area contributed by atoms with Crippen molar-refractivity contribution in [3.05, 3.63) is 48.0 Å². The second-order valence-electron chi connectivity index (χ2n) is 6.26. The van der Waals surface area contributed by atoms with Gasteiger partial charge in [-0.25, -0.2) is 0 Å². The summed E-state index contributed by atoms with van der Waals surface area (Å²) in [7, 11) is 0. The first-order valence-electron chi connectivity index (χ1n) is 7.93. The van der Waals surface area contributed by atoms with Gasteiger partial charge in [-0.1, -0.05) is 62.2 Å². The minimum Gasteiger partial charge on any atom is -0.385 e. The number of fused-ring (bicyclic) bond motifs is 1. The van der Waals surface area contributed by atoms with Crippen molar-refractivity contribution in [2.24, 2.45) is 5.92 Å². The largest absolute Gasteiger partial charge is 0.385 e. The molecule has 20 heavy (non-hydrogen) atoms. The average molecular weight is 268 g/mol. The molecule has 2 unspecified atom stereocenters. The van der Waals surface area contributed by atoms with E-state index >= 15 is 0 Å². The molecule has 0 bridgehead atoms. The van der Waals surface area contributed by atoms with Crippen LogP contribution in [0.4, 0.5) is 0 Å². The van der Waals surface area contributed by atoms with Gasteiger partial charge in [-0.3, -0.25) is 0 Å². The van der Waals surface area contributed by atoms with Gasteiger partial charge >= 0.3 is 0 Å². The van der Waals surface area contributed by atoms with Gasteiger partial charge in [0.2, 0.25) is 0 Å². The lowest BCUT2D eigenvalue weighted by molar-refractivity contribution is 0.0211. The Morgan fingerprint density at radius 3 is 2.70 bits per heavy atom. The van der Waals surface area contributed by atoms with Crippen molar-refractivity contribution in [2.75, 3.05) is 0 Å². The standard InChI is InChI=1S/C19H24O/c1-2-15-7-6-13-19(20,14-12-15)18-11-5-9-16-8-3-4-10-17(16)18/h3-5,8-11,15,20H,2,6-7,12-14H2,1H3. The average Bonchev–Trinajstić information content (AvgIpc) is 2.69. The fourth-order valence-corrected chi connectivity index (χ4v) is 3.70. The summed E-state index contributed by atoms with van der Waals surface area (Å²) in [5.41, 5.74) is 0.498. The molecule has 1 saturated carbocycles. The molecule has 2 aromatic carbocycles. The topological polar surface area (TPSA) is 20.2 Å². The molecule has 1 nitrogen and oxygen atoms in total. The van der Waals surface area contributed by atoms with Crippen LogP contribution in [0.15, 0.2) is 42.5 Å². The van der Waals surface area contributed by atoms with Gasteiger partial charge in [0.1, 0.15) is 0 Å². The second kappa shape index (κ2) is 5.57. The van der Waals surface area contributed by atoms with E-state index in [1.54, 1.807) is 0 Å². The monoisotopic (exact) mass is 268 g/mol. The second-order valence-corrected chi connectivity index (χ2v) is 6.26. The van der Waals surface area contributed by atoms with Gasteiger partial charge in [-0.2, -0.15) is 0 Å². The van der Waals surface area contributed by atoms with Crippen molar-refractivity contribution in [3.63, 3.8) is 0 Å². The zero-order valence-corrected chi connectivity index (χ0v) is 12.3. The van der Waals surface area contributed by atoms with Gasteiger partial charge in [0, 0.05) is 0 Å². The Morgan fingerprint density at radius 1 is 1.05 bits per heavy atom. The van der Waals surface area contributed by atoms with E-state index in [4.69, 9.17) is 0 Å². The molecule has 0 spiro atoms. The van der Waals surface area contributed by atoms with Gasteiger partial charge in [0.05, 0.1) is 5.60 Å². The molecular weight excluding hydrogens is 244 g/mol. The SMILES string of the molecule is CCC1CCCC(O)(c2cccc3ccccc23)CC1. The molecule has 0 aliphatic heterocycles. The summed E-state index contributed by atoms with van der Waals surface area (Å²) < 4.78 is 0. The van der Waals surface area contributed by atoms with Crippen molar-refractivity contribution in [1.29, 1.82) is 0 Å². The van der Waals surface area contributed by atoms with Crippen LogP contribution in [0.5, 0.6) is 0 Å². The van der Waals surface area contributed by atoms with Crippen LogP contribution in [-0.2, 0) is 5.60 Å². The number of benzene rings is 2. The summed E-state index contributed by atoms with van der Waals surface area (Å²) in [4.78, 5) is 0. The van der Waals surface area contributed by atoms with Crippen molar-refractivity contribution >= 4 is 10.8 Å². The lowest BCUT2D eigenvalue weighted by Crippen LogP contribution is -2.25. The van der Waals surface area contributed by atoms with Crippen molar-refractivity contribution < 1.29 is 5.11 Å². The van der Waals surface area contributed by atoms with Gasteiger partial charge in [-0.05, 0) is 47.9 Å². The first kappa shape index (κ1) is 13.6. The lowest BCUT2D eigenvalue weighted by atomic mass is 9.83. The Balaban J connectivity index is 2.01. The normalized spacial score (nSPS) is 27.4. The third kappa shape index (κ3) is 2.47. The van der Waals surface area contributed by atoms with Crippen LogP contribution >= 0.6 is 0 Å². The van der Waals surface area contributed by atoms with Crippen LogP contribution in [0.1, 0.15) is 51.0 Å². The Labute approximate surface area is 121 Å². The Kier molecular flexibility index (Phi) is 3.80. The summed E-state index contributed by atoms with van der Waals surface area (Å²) >= 11 is 0. The molecule has 1 fully saturated rings. The quantitative estimate of drug-likeness (QED) is 0.758. The van der Waals surface area contributed by atoms with Crippen LogP contribution in [0.3, 0.4) is 0 Å². The fourth-order valence-electron chi connectivity index (χ4n) is 3.70. The molecule has 0 amide bonds. The van der Waals surface area contributed by atoms with Gasteiger partial charge < -0.3 is 5.11 Å². The summed E-state index contributed by atoms with van der Waals surface area (Å²) in [5.74, 6) is 0.791. The number of hydrogen-bond donors (Lipinski definition) is 1. The predicted octanol–water partition coefficient (Wildman–Crippen LogP) is 5.02. The molecule has 0 radical (unpaired) electrons. The fraction of sp³-hybridized carbons (Fsp3) is 0.474. The first-order valence-corrected chi connectivity index (χ1v) is 7.93. The highest BCUT2D eigenvalue weighted by Crippen LogP contribution is 2.41. The van der Waals surface area contributed by atoms with Crippen LogP contribution in [0, 0.1) is 5.92 Å². The van der Waals surface area contributed by atoms with E-state index in [0.29, 0.717) is 0 Å². The summed E-state index contributed by atoms with van der Waals surface area (Å²) in [6.45, 7) is 2.27. The molecule has 3 rings (SSSR count). The maximum atomic E-state index is 11.2. The molecule has 0 heterocycles. The number of rotatable bonds is 2. The van der Waals surface area contributed by atoms with Crippen molar-refractivity contribution in [3.8, 4) is 0 Å². The van der Waals surface area contributed by atoms with E-state index in [1.807, 2.05) is 0 Å². The number of hydrogen-bond acceptors (Lipinski definition) is 1. The molecular formula is C19H24O. The maximum Gasteiger partial charge on any atom is 0.0902 e. The van der Waals surface area contributed by atoms with Gasteiger partial charge in [0.25, 0.3) is 0 Å². The van der Waals surface area contributed by atoms with E-state index in [1.165, 1.54) is 23.6 Å². The Morgan fingerprint density at radius 2 is 1.85 bits per heavy atom. The Bertz CT molecular complexity index is 584. The van der Waals surface area contributed by atoms with E-state index < -0.39 is 5.60 Å². The zero-order valence-electron chi connectivity index (χ0n) is 12.3. The van der Waals surface area contributed by atoms with Crippen molar-refractivity contribution in [2.45, 2.75) is 51.0 Å². The van der Waals surface area contributed by atoms with E-state index in [-0.39, 0.29) is 0 Å². The molecule has 1 N–H and O–H groups in total. The molecule has 0 aromatic heterocycles. The van der Waals surface area contributed by atoms with E-state index in [2.05, 4.69) is 49.4 Å². The summed E-state index contributed by atoms with van der Waals surface area (Å²) in [6.07, 6.45) is 6.60. The maximum absolute atomic E-state index is 11.2. The van der Waals surface area contributed by atoms with Crippen LogP contribution in [0.25, 0.3) is 10.8 Å². The number of aliphatic hydroxyl groups is 1. The molecule has 106 valence electrons. The third-order valence-electron chi connectivity index (χ3n) is 5.04. The highest BCUT2D eigenvalue weighted by atomic mass is 16.3. The highest BCUT2D eigenvalue weighted by molar-refractivity contribution is 5.86. The first-order chi connectivity index (χ1) is 9.73. The minimum absolute atomic E-state index is 0.634. The molecule has 1 aliphatic carbocycles. The van der Waals surface area contributed by atoms with Crippen LogP contribution < -0.4 is 0 Å². The van der Waals surface area contributed by atoms with Crippen molar-refractivity contribution in [1.82, 2.24) is 0 Å². The van der Waals surface area contributed by atoms with Crippen LogP contribution in [-0.4, -0.2) is 5.11 Å². The minimum atomic E-state index is -0.634. The van der Waals surface area contributed by atoms with Crippen LogP contribution in [0.2, 0.25) is 0 Å². The molecule has 2 aromatic rings. The molecule has 2 atom stereocenters. The van der Waals surface area contributed by atoms with E-state index in [9.17, 15) is 5.11 Å². The smallest absolute Gasteiger partial charge is 0.0902 e. The third-order valence-corrected chi connectivity index (χ3v) is 5.04. The van der Waals surface area contributed by atoms with E-state index in [0.717, 1.165) is 37.2 Å². The predicted molar refractivity (Wildman–Crippen MR) is 84.7 cm³/mol. The highest BCUT2D eigenvalue weighted by Gasteiger charge is 2.33. The lowest BCUT2D eigenvalue weighted by Gasteiger charge is -2.29. The summed E-state index contributed by atoms with van der Waals surface area (Å²) in [6, 6.07) is 14.7.